The van der Waals surface area contributed by atoms with Crippen molar-refractivity contribution in [2.24, 2.45) is 0 Å². The number of hydrogen-bond acceptors (Lipinski definition) is 5. The van der Waals surface area contributed by atoms with Gasteiger partial charge in [0.05, 0.1) is 33.8 Å². The summed E-state index contributed by atoms with van der Waals surface area (Å²) in [5.74, 6) is 0.102. The number of carbonyl (C=O) groups excluding carboxylic acids is 1. The average molecular weight is 540 g/mol. The van der Waals surface area contributed by atoms with Crippen LogP contribution in [0.1, 0.15) is 104 Å². The number of nitrogens with zero attached hydrogens (tertiary/aromatic N) is 1. The van der Waals surface area contributed by atoms with Gasteiger partial charge in [-0.3, -0.25) is 9.32 Å². The summed E-state index contributed by atoms with van der Waals surface area (Å²) < 4.78 is 23.9. The summed E-state index contributed by atoms with van der Waals surface area (Å²) in [5, 5.41) is 2.81. The SMILES string of the molecule is CCCCCCCCCCCCCCCCOC[C@H](CSP(=O)(O)OCC[N+](C)(C)C)NC(C)=O. The van der Waals surface area contributed by atoms with Crippen molar-refractivity contribution >= 4 is 24.1 Å². The van der Waals surface area contributed by atoms with Gasteiger partial charge in [0.2, 0.25) is 5.91 Å². The van der Waals surface area contributed by atoms with Crippen molar-refractivity contribution in [3.63, 3.8) is 0 Å². The standard InChI is InChI=1S/C26H55N2O5PS/c1-6-7-8-9-10-11-12-13-14-15-16-17-18-19-21-32-23-26(27-25(2)29)24-35-34(30,31)33-22-20-28(3,4)5/h26H,6-24H2,1-5H3,(H-,27,29,30,31)/p+1/t26-/m1/s1. The molecule has 0 saturated carbocycles. The molecule has 210 valence electrons. The Bertz CT molecular complexity index is 560. The second-order valence-electron chi connectivity index (χ2n) is 10.7. The van der Waals surface area contributed by atoms with E-state index in [2.05, 4.69) is 12.2 Å². The van der Waals surface area contributed by atoms with E-state index in [1.165, 1.54) is 84.0 Å². The van der Waals surface area contributed by atoms with Gasteiger partial charge in [0.15, 0.2) is 0 Å². The second-order valence-corrected chi connectivity index (χ2v) is 14.6. The van der Waals surface area contributed by atoms with Crippen molar-refractivity contribution in [3.8, 4) is 0 Å². The fraction of sp³-hybridized carbons (Fsp3) is 0.962. The maximum atomic E-state index is 12.2. The molecule has 0 rings (SSSR count). The summed E-state index contributed by atoms with van der Waals surface area (Å²) >= 11 is 0.855. The number of quaternary nitrogens is 1. The van der Waals surface area contributed by atoms with Crippen molar-refractivity contribution in [1.82, 2.24) is 5.32 Å². The van der Waals surface area contributed by atoms with E-state index < -0.39 is 6.80 Å². The number of hydrogen-bond donors (Lipinski definition) is 2. The molecule has 7 nitrogen and oxygen atoms in total. The van der Waals surface area contributed by atoms with Crippen LogP contribution in [0.2, 0.25) is 0 Å². The second kappa shape index (κ2) is 21.9. The minimum absolute atomic E-state index is 0.172. The first-order valence-corrected chi connectivity index (χ1v) is 17.0. The van der Waals surface area contributed by atoms with Gasteiger partial charge in [-0.05, 0) is 17.8 Å². The summed E-state index contributed by atoms with van der Waals surface area (Å²) in [5.41, 5.74) is 0. The smallest absolute Gasteiger partial charge is 0.379 e. The van der Waals surface area contributed by atoms with Crippen LogP contribution in [0.3, 0.4) is 0 Å². The topological polar surface area (TPSA) is 84.9 Å². The normalized spacial score (nSPS) is 14.6. The summed E-state index contributed by atoms with van der Waals surface area (Å²) in [7, 11) is 6.00. The molecule has 0 aliphatic rings. The van der Waals surface area contributed by atoms with Crippen LogP contribution in [0.25, 0.3) is 0 Å². The largest absolute Gasteiger partial charge is 0.386 e. The Morgan fingerprint density at radius 3 is 1.83 bits per heavy atom. The van der Waals surface area contributed by atoms with Crippen LogP contribution < -0.4 is 5.32 Å². The van der Waals surface area contributed by atoms with Crippen LogP contribution in [0.4, 0.5) is 0 Å². The van der Waals surface area contributed by atoms with Crippen LogP contribution in [0.15, 0.2) is 0 Å². The van der Waals surface area contributed by atoms with Crippen LogP contribution in [0, 0.1) is 0 Å². The van der Waals surface area contributed by atoms with Gasteiger partial charge in [-0.25, -0.2) is 4.57 Å². The highest BCUT2D eigenvalue weighted by atomic mass is 32.7. The first-order chi connectivity index (χ1) is 16.6. The lowest BCUT2D eigenvalue weighted by molar-refractivity contribution is -0.870. The summed E-state index contributed by atoms with van der Waals surface area (Å²) in [6, 6.07) is -0.313. The Balaban J connectivity index is 3.77. The highest BCUT2D eigenvalue weighted by Gasteiger charge is 2.24. The third kappa shape index (κ3) is 26.8. The molecule has 1 amide bonds. The lowest BCUT2D eigenvalue weighted by atomic mass is 10.0. The maximum Gasteiger partial charge on any atom is 0.386 e. The fourth-order valence-corrected chi connectivity index (χ4v) is 6.18. The van der Waals surface area contributed by atoms with Gasteiger partial charge in [-0.2, -0.15) is 0 Å². The zero-order valence-corrected chi connectivity index (χ0v) is 25.1. The zero-order valence-electron chi connectivity index (χ0n) is 23.4. The van der Waals surface area contributed by atoms with E-state index >= 15 is 0 Å². The number of ether oxygens (including phenoxy) is 1. The molecule has 1 unspecified atom stereocenters. The van der Waals surface area contributed by atoms with Gasteiger partial charge in [0, 0.05) is 19.3 Å². The molecule has 2 N–H and O–H groups in total. The molecule has 0 spiro atoms. The molecule has 2 atom stereocenters. The first-order valence-electron chi connectivity index (χ1n) is 13.8. The Labute approximate surface area is 220 Å². The average Bonchev–Trinajstić information content (AvgIpc) is 2.75. The molecule has 35 heavy (non-hydrogen) atoms. The predicted molar refractivity (Wildman–Crippen MR) is 150 cm³/mol. The number of nitrogens with one attached hydrogen (secondary N) is 1. The molecular weight excluding hydrogens is 483 g/mol. The minimum Gasteiger partial charge on any atom is -0.379 e. The first kappa shape index (κ1) is 34.9. The van der Waals surface area contributed by atoms with Gasteiger partial charge < -0.3 is 19.4 Å². The molecule has 0 aromatic rings. The molecule has 0 aromatic carbocycles. The molecule has 0 fully saturated rings. The van der Waals surface area contributed by atoms with Crippen LogP contribution in [0.5, 0.6) is 0 Å². The molecule has 0 heterocycles. The van der Waals surface area contributed by atoms with Gasteiger partial charge in [0.1, 0.15) is 13.2 Å². The van der Waals surface area contributed by atoms with E-state index in [4.69, 9.17) is 9.26 Å². The lowest BCUT2D eigenvalue weighted by Crippen LogP contribution is -2.39. The van der Waals surface area contributed by atoms with Crippen LogP contribution in [-0.4, -0.2) is 74.6 Å². The molecule has 0 saturated heterocycles. The van der Waals surface area contributed by atoms with Crippen molar-refractivity contribution in [2.75, 3.05) is 53.3 Å². The molecule has 0 aliphatic carbocycles. The Kier molecular flexibility index (Phi) is 21.9. The third-order valence-electron chi connectivity index (χ3n) is 5.82. The summed E-state index contributed by atoms with van der Waals surface area (Å²) in [6.07, 6.45) is 18.5. The third-order valence-corrected chi connectivity index (χ3v) is 8.95. The summed E-state index contributed by atoms with van der Waals surface area (Å²) in [6.45, 7) is 1.80. The fourth-order valence-electron chi connectivity index (χ4n) is 3.69. The van der Waals surface area contributed by atoms with Crippen molar-refractivity contribution in [2.45, 2.75) is 110 Å². The molecule has 0 radical (unpaired) electrons. The highest BCUT2D eigenvalue weighted by molar-refractivity contribution is 8.54. The number of amides is 1. The molecule has 9 heteroatoms. The Morgan fingerprint density at radius 1 is 0.886 bits per heavy atom. The molecule has 0 aromatic heterocycles. The maximum absolute atomic E-state index is 12.2. The van der Waals surface area contributed by atoms with E-state index in [-0.39, 0.29) is 24.3 Å². The van der Waals surface area contributed by atoms with Crippen LogP contribution >= 0.6 is 18.2 Å². The Morgan fingerprint density at radius 2 is 1.37 bits per heavy atom. The number of rotatable bonds is 25. The van der Waals surface area contributed by atoms with Gasteiger partial charge in [-0.1, -0.05) is 90.4 Å². The van der Waals surface area contributed by atoms with Gasteiger partial charge in [0.25, 0.3) is 0 Å². The van der Waals surface area contributed by atoms with E-state index in [1.54, 1.807) is 0 Å². The Hall–Kier alpha value is -0.110. The zero-order chi connectivity index (χ0) is 26.4. The van der Waals surface area contributed by atoms with Crippen molar-refractivity contribution in [1.29, 1.82) is 0 Å². The predicted octanol–water partition coefficient (Wildman–Crippen LogP) is 6.55. The quantitative estimate of drug-likeness (QED) is 0.0778. The van der Waals surface area contributed by atoms with E-state index in [0.29, 0.717) is 24.2 Å². The number of likely N-dealkylation sites (N-methyl/N-ethyl adjacent to an activating group) is 1. The number of carbonyl (C=O) groups is 1. The summed E-state index contributed by atoms with van der Waals surface area (Å²) in [4.78, 5) is 21.5. The minimum atomic E-state index is -3.75. The lowest BCUT2D eigenvalue weighted by Gasteiger charge is -2.24. The van der Waals surface area contributed by atoms with Gasteiger partial charge >= 0.3 is 6.80 Å². The number of unbranched alkanes of at least 4 members (excludes halogenated alkanes) is 13. The van der Waals surface area contributed by atoms with Gasteiger partial charge in [-0.15, -0.1) is 0 Å². The van der Waals surface area contributed by atoms with Crippen molar-refractivity contribution in [3.05, 3.63) is 0 Å². The van der Waals surface area contributed by atoms with E-state index in [0.717, 1.165) is 24.2 Å². The van der Waals surface area contributed by atoms with Crippen LogP contribution in [-0.2, 0) is 18.6 Å². The monoisotopic (exact) mass is 539 g/mol. The molecular formula is C26H56N2O5PS+. The van der Waals surface area contributed by atoms with Crippen molar-refractivity contribution < 1.29 is 28.0 Å². The molecule has 0 bridgehead atoms. The highest BCUT2D eigenvalue weighted by Crippen LogP contribution is 2.55. The van der Waals surface area contributed by atoms with E-state index in [9.17, 15) is 14.3 Å². The molecule has 0 aliphatic heterocycles. The van der Waals surface area contributed by atoms with E-state index in [1.807, 2.05) is 21.1 Å².